The fourth-order valence-electron chi connectivity index (χ4n) is 6.84. The van der Waals surface area contributed by atoms with Gasteiger partial charge in [0.25, 0.3) is 0 Å². The van der Waals surface area contributed by atoms with E-state index >= 15 is 0 Å². The van der Waals surface area contributed by atoms with Crippen molar-refractivity contribution >= 4 is 17.9 Å². The summed E-state index contributed by atoms with van der Waals surface area (Å²) in [5, 5.41) is 0. The standard InChI is InChI=1S/C56H94O6/c1-4-7-10-13-16-19-22-25-27-28-29-30-32-34-37-40-43-46-49-55(58)61-52-53(51-60-54(57)48-45-42-39-36-33-24-21-18-15-12-9-6-3)62-56(59)50-47-44-41-38-35-31-26-23-20-17-14-11-8-5-2/h8-9,11-12,17-18,20-21,27-30,33,36,53H,4-7,10,13-16,19,22-26,31-32,34-35,37-52H2,1-3H3/b11-8-,12-9-,20-17-,21-18-,28-27-,30-29-,36-33-. The van der Waals surface area contributed by atoms with E-state index in [1.54, 1.807) is 0 Å². The van der Waals surface area contributed by atoms with Gasteiger partial charge in [-0.25, -0.2) is 0 Å². The molecule has 0 amide bonds. The van der Waals surface area contributed by atoms with Crippen LogP contribution in [-0.4, -0.2) is 37.2 Å². The van der Waals surface area contributed by atoms with Gasteiger partial charge in [0.2, 0.25) is 0 Å². The molecule has 0 N–H and O–H groups in total. The summed E-state index contributed by atoms with van der Waals surface area (Å²) in [6.07, 6.45) is 64.3. The summed E-state index contributed by atoms with van der Waals surface area (Å²) in [7, 11) is 0. The Morgan fingerprint density at radius 2 is 0.677 bits per heavy atom. The zero-order chi connectivity index (χ0) is 45.1. The maximum atomic E-state index is 12.8. The highest BCUT2D eigenvalue weighted by atomic mass is 16.6. The quantitative estimate of drug-likeness (QED) is 0.0199. The third kappa shape index (κ3) is 47.6. The molecule has 0 bridgehead atoms. The van der Waals surface area contributed by atoms with E-state index in [1.807, 2.05) is 0 Å². The monoisotopic (exact) mass is 863 g/mol. The summed E-state index contributed by atoms with van der Waals surface area (Å²) < 4.78 is 16.7. The lowest BCUT2D eigenvalue weighted by Gasteiger charge is -2.18. The normalized spacial score (nSPS) is 12.8. The maximum absolute atomic E-state index is 12.8. The van der Waals surface area contributed by atoms with Crippen molar-refractivity contribution < 1.29 is 28.6 Å². The van der Waals surface area contributed by atoms with Crippen molar-refractivity contribution in [1.82, 2.24) is 0 Å². The van der Waals surface area contributed by atoms with Crippen LogP contribution >= 0.6 is 0 Å². The van der Waals surface area contributed by atoms with Crippen LogP contribution in [0.5, 0.6) is 0 Å². The Balaban J connectivity index is 4.44. The SMILES string of the molecule is CC/C=C\C/C=C\C/C=C\CCCCC(=O)OCC(COC(=O)CCCCCCC/C=C\C=C/CCCCCCCCC)OC(=O)CCCCCCCCC/C=C\C/C=C\CC. The average molecular weight is 863 g/mol. The number of carbonyl (C=O) groups excluding carboxylic acids is 3. The third-order valence-electron chi connectivity index (χ3n) is 10.6. The van der Waals surface area contributed by atoms with Gasteiger partial charge in [0.15, 0.2) is 6.10 Å². The molecular formula is C56H94O6. The predicted octanol–water partition coefficient (Wildman–Crippen LogP) is 16.8. The topological polar surface area (TPSA) is 78.9 Å². The molecule has 1 atom stereocenters. The molecule has 0 spiro atoms. The minimum absolute atomic E-state index is 0.101. The van der Waals surface area contributed by atoms with E-state index in [1.165, 1.54) is 77.0 Å². The van der Waals surface area contributed by atoms with Crippen molar-refractivity contribution in [3.8, 4) is 0 Å². The van der Waals surface area contributed by atoms with Gasteiger partial charge in [-0.2, -0.15) is 0 Å². The van der Waals surface area contributed by atoms with E-state index in [0.29, 0.717) is 19.3 Å². The minimum Gasteiger partial charge on any atom is -0.462 e. The van der Waals surface area contributed by atoms with Crippen LogP contribution in [0, 0.1) is 0 Å². The van der Waals surface area contributed by atoms with E-state index in [4.69, 9.17) is 14.2 Å². The number of rotatable bonds is 45. The second kappa shape index (κ2) is 50.2. The zero-order valence-electron chi connectivity index (χ0n) is 40.4. The van der Waals surface area contributed by atoms with Gasteiger partial charge in [-0.1, -0.05) is 196 Å². The smallest absolute Gasteiger partial charge is 0.306 e. The summed E-state index contributed by atoms with van der Waals surface area (Å²) in [5.74, 6) is -0.966. The van der Waals surface area contributed by atoms with Crippen molar-refractivity contribution in [2.45, 2.75) is 239 Å². The van der Waals surface area contributed by atoms with Crippen molar-refractivity contribution in [2.24, 2.45) is 0 Å². The second-order valence-corrected chi connectivity index (χ2v) is 16.7. The molecule has 0 saturated heterocycles. The molecule has 0 heterocycles. The van der Waals surface area contributed by atoms with E-state index in [9.17, 15) is 14.4 Å². The molecule has 0 saturated carbocycles. The fraction of sp³-hybridized carbons (Fsp3) is 0.696. The number of esters is 3. The lowest BCUT2D eigenvalue weighted by molar-refractivity contribution is -0.167. The molecule has 0 aromatic carbocycles. The number of unbranched alkanes of at least 4 members (excludes halogenated alkanes) is 21. The van der Waals surface area contributed by atoms with Crippen LogP contribution in [-0.2, 0) is 28.6 Å². The van der Waals surface area contributed by atoms with E-state index < -0.39 is 6.10 Å². The third-order valence-corrected chi connectivity index (χ3v) is 10.6. The van der Waals surface area contributed by atoms with Crippen LogP contribution in [0.15, 0.2) is 85.1 Å². The van der Waals surface area contributed by atoms with E-state index in [2.05, 4.69) is 106 Å². The first-order chi connectivity index (χ1) is 30.5. The number of hydrogen-bond donors (Lipinski definition) is 0. The molecule has 6 heteroatoms. The first kappa shape index (κ1) is 58.6. The van der Waals surface area contributed by atoms with Crippen molar-refractivity contribution in [1.29, 1.82) is 0 Å². The van der Waals surface area contributed by atoms with Crippen LogP contribution in [0.1, 0.15) is 233 Å². The van der Waals surface area contributed by atoms with Crippen molar-refractivity contribution in [3.05, 3.63) is 85.1 Å². The molecule has 0 fully saturated rings. The molecule has 354 valence electrons. The molecule has 0 rings (SSSR count). The summed E-state index contributed by atoms with van der Waals surface area (Å²) in [6, 6.07) is 0. The van der Waals surface area contributed by atoms with E-state index in [-0.39, 0.29) is 31.1 Å². The van der Waals surface area contributed by atoms with Gasteiger partial charge in [-0.3, -0.25) is 14.4 Å². The van der Waals surface area contributed by atoms with Crippen molar-refractivity contribution in [2.75, 3.05) is 13.2 Å². The second-order valence-electron chi connectivity index (χ2n) is 16.7. The number of ether oxygens (including phenoxy) is 3. The largest absolute Gasteiger partial charge is 0.462 e. The molecule has 0 aliphatic carbocycles. The van der Waals surface area contributed by atoms with Gasteiger partial charge in [0.1, 0.15) is 13.2 Å². The molecule has 0 aromatic heterocycles. The van der Waals surface area contributed by atoms with Gasteiger partial charge in [0.05, 0.1) is 0 Å². The molecule has 62 heavy (non-hydrogen) atoms. The Morgan fingerprint density at radius 3 is 1.11 bits per heavy atom. The van der Waals surface area contributed by atoms with Crippen LogP contribution in [0.4, 0.5) is 0 Å². The first-order valence-corrected chi connectivity index (χ1v) is 25.6. The van der Waals surface area contributed by atoms with Crippen LogP contribution in [0.3, 0.4) is 0 Å². The molecule has 0 aliphatic heterocycles. The van der Waals surface area contributed by atoms with Gasteiger partial charge in [0, 0.05) is 19.3 Å². The van der Waals surface area contributed by atoms with Crippen molar-refractivity contribution in [3.63, 3.8) is 0 Å². The Kier molecular flexibility index (Phi) is 47.5. The predicted molar refractivity (Wildman–Crippen MR) is 265 cm³/mol. The zero-order valence-corrected chi connectivity index (χ0v) is 40.4. The fourth-order valence-corrected chi connectivity index (χ4v) is 6.84. The Hall–Kier alpha value is -3.41. The van der Waals surface area contributed by atoms with Gasteiger partial charge in [-0.05, 0) is 103 Å². The molecule has 0 radical (unpaired) electrons. The summed E-state index contributed by atoms with van der Waals surface area (Å²) in [4.78, 5) is 37.9. The Bertz CT molecular complexity index is 1220. The summed E-state index contributed by atoms with van der Waals surface area (Å²) >= 11 is 0. The first-order valence-electron chi connectivity index (χ1n) is 25.6. The highest BCUT2D eigenvalue weighted by molar-refractivity contribution is 5.71. The summed E-state index contributed by atoms with van der Waals surface area (Å²) in [6.45, 7) is 6.35. The molecule has 0 aliphatic rings. The number of allylic oxidation sites excluding steroid dienone is 14. The lowest BCUT2D eigenvalue weighted by Crippen LogP contribution is -2.30. The summed E-state index contributed by atoms with van der Waals surface area (Å²) in [5.41, 5.74) is 0. The molecule has 6 nitrogen and oxygen atoms in total. The lowest BCUT2D eigenvalue weighted by atomic mass is 10.1. The Morgan fingerprint density at radius 1 is 0.355 bits per heavy atom. The van der Waals surface area contributed by atoms with Gasteiger partial charge >= 0.3 is 17.9 Å². The van der Waals surface area contributed by atoms with Crippen LogP contribution in [0.25, 0.3) is 0 Å². The number of hydrogen-bond acceptors (Lipinski definition) is 6. The van der Waals surface area contributed by atoms with Gasteiger partial charge < -0.3 is 14.2 Å². The van der Waals surface area contributed by atoms with Crippen LogP contribution in [0.2, 0.25) is 0 Å². The van der Waals surface area contributed by atoms with Gasteiger partial charge in [-0.15, -0.1) is 0 Å². The molecular weight excluding hydrogens is 769 g/mol. The Labute approximate surface area is 382 Å². The highest BCUT2D eigenvalue weighted by Gasteiger charge is 2.19. The highest BCUT2D eigenvalue weighted by Crippen LogP contribution is 2.14. The average Bonchev–Trinajstić information content (AvgIpc) is 3.27. The minimum atomic E-state index is -0.802. The number of carbonyl (C=O) groups is 3. The molecule has 1 unspecified atom stereocenters. The maximum Gasteiger partial charge on any atom is 0.306 e. The van der Waals surface area contributed by atoms with Crippen LogP contribution < -0.4 is 0 Å². The molecule has 0 aromatic rings. The van der Waals surface area contributed by atoms with E-state index in [0.717, 1.165) is 116 Å².